The van der Waals surface area contributed by atoms with Crippen LogP contribution in [-0.4, -0.2) is 17.9 Å². The molecule has 0 saturated carbocycles. The van der Waals surface area contributed by atoms with Crippen molar-refractivity contribution in [1.29, 1.82) is 0 Å². The van der Waals surface area contributed by atoms with Crippen LogP contribution in [0, 0.1) is 0 Å². The molecule has 26 heavy (non-hydrogen) atoms. The minimum Gasteiger partial charge on any atom is -0.338 e. The highest BCUT2D eigenvalue weighted by Crippen LogP contribution is 2.35. The molecule has 0 aliphatic heterocycles. The molecule has 3 aromatic carbocycles. The average Bonchev–Trinajstić information content (AvgIpc) is 3.13. The van der Waals surface area contributed by atoms with Gasteiger partial charge >= 0.3 is 0 Å². The Bertz CT molecular complexity index is 899. The number of carbonyl (C=O) groups is 1. The van der Waals surface area contributed by atoms with Gasteiger partial charge in [0.15, 0.2) is 0 Å². The molecule has 0 fully saturated rings. The molecule has 0 unspecified atom stereocenters. The third-order valence-electron chi connectivity index (χ3n) is 5.38. The number of carbonyl (C=O) groups excluding carboxylic acids is 1. The number of fused-ring (bicyclic) bond motifs is 1. The molecular weight excluding hydrogens is 318 g/mol. The second-order valence-electron chi connectivity index (χ2n) is 7.00. The second kappa shape index (κ2) is 7.17. The number of benzene rings is 3. The molecule has 0 bridgehead atoms. The SMILES string of the molecule is CN(C(=O)Cc1ccc(-c2ccccc2)cc1)[C@H]1CCc2ccccc21. The van der Waals surface area contributed by atoms with Crippen molar-refractivity contribution in [3.63, 3.8) is 0 Å². The fourth-order valence-electron chi connectivity index (χ4n) is 3.86. The zero-order valence-corrected chi connectivity index (χ0v) is 15.1. The molecule has 1 aliphatic carbocycles. The van der Waals surface area contributed by atoms with E-state index in [1.807, 2.05) is 30.1 Å². The zero-order chi connectivity index (χ0) is 17.9. The predicted molar refractivity (Wildman–Crippen MR) is 106 cm³/mol. The summed E-state index contributed by atoms with van der Waals surface area (Å²) < 4.78 is 0. The van der Waals surface area contributed by atoms with Gasteiger partial charge in [-0.2, -0.15) is 0 Å². The van der Waals surface area contributed by atoms with Crippen molar-refractivity contribution >= 4 is 5.91 Å². The van der Waals surface area contributed by atoms with E-state index in [-0.39, 0.29) is 11.9 Å². The van der Waals surface area contributed by atoms with E-state index >= 15 is 0 Å². The highest BCUT2D eigenvalue weighted by Gasteiger charge is 2.28. The summed E-state index contributed by atoms with van der Waals surface area (Å²) in [7, 11) is 1.94. The molecule has 0 spiro atoms. The fraction of sp³-hybridized carbons (Fsp3) is 0.208. The Hall–Kier alpha value is -2.87. The quantitative estimate of drug-likeness (QED) is 0.651. The summed E-state index contributed by atoms with van der Waals surface area (Å²) in [6.45, 7) is 0. The number of rotatable bonds is 4. The monoisotopic (exact) mass is 341 g/mol. The third-order valence-corrected chi connectivity index (χ3v) is 5.38. The lowest BCUT2D eigenvalue weighted by molar-refractivity contribution is -0.131. The largest absolute Gasteiger partial charge is 0.338 e. The van der Waals surface area contributed by atoms with Crippen LogP contribution in [0.25, 0.3) is 11.1 Å². The molecule has 2 heteroatoms. The first-order valence-corrected chi connectivity index (χ1v) is 9.20. The van der Waals surface area contributed by atoms with Crippen molar-refractivity contribution in [2.75, 3.05) is 7.05 Å². The van der Waals surface area contributed by atoms with Gasteiger partial charge in [-0.05, 0) is 40.7 Å². The summed E-state index contributed by atoms with van der Waals surface area (Å²) in [5, 5.41) is 0. The van der Waals surface area contributed by atoms with E-state index in [4.69, 9.17) is 0 Å². The Labute approximate surface area is 155 Å². The summed E-state index contributed by atoms with van der Waals surface area (Å²) in [6.07, 6.45) is 2.53. The van der Waals surface area contributed by atoms with Gasteiger partial charge in [0.2, 0.25) is 5.91 Å². The Morgan fingerprint density at radius 3 is 2.31 bits per heavy atom. The first-order chi connectivity index (χ1) is 12.7. The molecule has 1 atom stereocenters. The molecule has 2 nitrogen and oxygen atoms in total. The Kier molecular flexibility index (Phi) is 4.57. The highest BCUT2D eigenvalue weighted by molar-refractivity contribution is 5.79. The summed E-state index contributed by atoms with van der Waals surface area (Å²) >= 11 is 0. The second-order valence-corrected chi connectivity index (χ2v) is 7.00. The van der Waals surface area contributed by atoms with Crippen LogP contribution in [0.15, 0.2) is 78.9 Å². The van der Waals surface area contributed by atoms with E-state index in [0.717, 1.165) is 18.4 Å². The molecule has 3 aromatic rings. The molecule has 0 heterocycles. The van der Waals surface area contributed by atoms with Gasteiger partial charge in [0.25, 0.3) is 0 Å². The van der Waals surface area contributed by atoms with Gasteiger partial charge in [-0.15, -0.1) is 0 Å². The van der Waals surface area contributed by atoms with Gasteiger partial charge in [-0.1, -0.05) is 78.9 Å². The van der Waals surface area contributed by atoms with Crippen molar-refractivity contribution in [2.45, 2.75) is 25.3 Å². The van der Waals surface area contributed by atoms with Crippen LogP contribution in [0.1, 0.15) is 29.2 Å². The highest BCUT2D eigenvalue weighted by atomic mass is 16.2. The summed E-state index contributed by atoms with van der Waals surface area (Å²) in [6, 6.07) is 27.3. The van der Waals surface area contributed by atoms with Crippen LogP contribution >= 0.6 is 0 Å². The van der Waals surface area contributed by atoms with Crippen LogP contribution in [0.5, 0.6) is 0 Å². The zero-order valence-electron chi connectivity index (χ0n) is 15.1. The van der Waals surface area contributed by atoms with E-state index in [1.54, 1.807) is 0 Å². The Morgan fingerprint density at radius 1 is 0.885 bits per heavy atom. The number of likely N-dealkylation sites (N-methyl/N-ethyl adjacent to an activating group) is 1. The number of amides is 1. The van der Waals surface area contributed by atoms with E-state index < -0.39 is 0 Å². The molecule has 130 valence electrons. The van der Waals surface area contributed by atoms with Gasteiger partial charge < -0.3 is 4.90 Å². The maximum absolute atomic E-state index is 12.8. The maximum atomic E-state index is 12.8. The predicted octanol–water partition coefficient (Wildman–Crippen LogP) is 5.04. The number of aryl methyl sites for hydroxylation is 1. The van der Waals surface area contributed by atoms with Crippen LogP contribution < -0.4 is 0 Å². The smallest absolute Gasteiger partial charge is 0.227 e. The Balaban J connectivity index is 1.45. The van der Waals surface area contributed by atoms with Gasteiger partial charge in [0.05, 0.1) is 12.5 Å². The molecule has 1 aliphatic rings. The van der Waals surface area contributed by atoms with E-state index in [1.165, 1.54) is 22.3 Å². The molecule has 0 N–H and O–H groups in total. The topological polar surface area (TPSA) is 20.3 Å². The molecular formula is C24H23NO. The minimum atomic E-state index is 0.180. The summed E-state index contributed by atoms with van der Waals surface area (Å²) in [5.41, 5.74) is 6.13. The van der Waals surface area contributed by atoms with Gasteiger partial charge in [0.1, 0.15) is 0 Å². The first-order valence-electron chi connectivity index (χ1n) is 9.20. The third kappa shape index (κ3) is 3.28. The lowest BCUT2D eigenvalue weighted by atomic mass is 10.0. The normalized spacial score (nSPS) is 15.5. The molecule has 1 amide bonds. The lowest BCUT2D eigenvalue weighted by Gasteiger charge is -2.25. The van der Waals surface area contributed by atoms with Gasteiger partial charge in [0, 0.05) is 7.05 Å². The lowest BCUT2D eigenvalue weighted by Crippen LogP contribution is -2.31. The van der Waals surface area contributed by atoms with Crippen LogP contribution in [0.2, 0.25) is 0 Å². The van der Waals surface area contributed by atoms with Crippen LogP contribution in [0.4, 0.5) is 0 Å². The molecule has 0 aromatic heterocycles. The summed E-state index contributed by atoms with van der Waals surface area (Å²) in [5.74, 6) is 0.180. The van der Waals surface area contributed by atoms with Crippen LogP contribution in [-0.2, 0) is 17.6 Å². The van der Waals surface area contributed by atoms with Crippen molar-refractivity contribution in [2.24, 2.45) is 0 Å². The fourth-order valence-corrected chi connectivity index (χ4v) is 3.86. The minimum absolute atomic E-state index is 0.180. The van der Waals surface area contributed by atoms with E-state index in [0.29, 0.717) is 6.42 Å². The van der Waals surface area contributed by atoms with Crippen molar-refractivity contribution in [3.05, 3.63) is 95.6 Å². The molecule has 4 rings (SSSR count). The van der Waals surface area contributed by atoms with Gasteiger partial charge in [-0.3, -0.25) is 4.79 Å². The van der Waals surface area contributed by atoms with Crippen molar-refractivity contribution < 1.29 is 4.79 Å². The average molecular weight is 341 g/mol. The number of nitrogens with zero attached hydrogens (tertiary/aromatic N) is 1. The first kappa shape index (κ1) is 16.6. The number of hydrogen-bond donors (Lipinski definition) is 0. The van der Waals surface area contributed by atoms with E-state index in [2.05, 4.69) is 60.7 Å². The Morgan fingerprint density at radius 2 is 1.54 bits per heavy atom. The molecule has 0 radical (unpaired) electrons. The molecule has 0 saturated heterocycles. The van der Waals surface area contributed by atoms with Crippen molar-refractivity contribution in [1.82, 2.24) is 4.90 Å². The number of hydrogen-bond acceptors (Lipinski definition) is 1. The van der Waals surface area contributed by atoms with Gasteiger partial charge in [-0.25, -0.2) is 0 Å². The van der Waals surface area contributed by atoms with Crippen LogP contribution in [0.3, 0.4) is 0 Å². The van der Waals surface area contributed by atoms with Crippen molar-refractivity contribution in [3.8, 4) is 11.1 Å². The van der Waals surface area contributed by atoms with E-state index in [9.17, 15) is 4.79 Å². The maximum Gasteiger partial charge on any atom is 0.227 e. The standard InChI is InChI=1S/C24H23NO/c1-25(23-16-15-21-9-5-6-10-22(21)23)24(26)17-18-11-13-20(14-12-18)19-7-3-2-4-8-19/h2-14,23H,15-17H2,1H3/t23-/m0/s1. The summed E-state index contributed by atoms with van der Waals surface area (Å²) in [4.78, 5) is 14.7.